The first-order chi connectivity index (χ1) is 12.2. The monoisotopic (exact) mass is 496 g/mol. The van der Waals surface area contributed by atoms with Gasteiger partial charge in [0, 0.05) is 26.7 Å². The van der Waals surface area contributed by atoms with E-state index in [1.54, 1.807) is 40.0 Å². The molecular weight excluding hydrogens is 466 g/mol. The average molecular weight is 496 g/mol. The maximum atomic E-state index is 13.8. The van der Waals surface area contributed by atoms with Gasteiger partial charge in [-0.05, 0) is 45.4 Å². The molecule has 0 unspecified atom stereocenters. The number of alkyl carbamates (subject to hydrolysis) is 1. The lowest BCUT2D eigenvalue weighted by atomic mass is 10.2. The molecule has 0 atom stereocenters. The molecule has 0 saturated heterocycles. The summed E-state index contributed by atoms with van der Waals surface area (Å²) >= 11 is 0. The number of guanidine groups is 1. The number of halogens is 2. The van der Waals surface area contributed by atoms with Crippen LogP contribution in [-0.2, 0) is 11.3 Å². The number of nitrogens with one attached hydrogen (secondary N) is 3. The average Bonchev–Trinajstić information content (AvgIpc) is 2.55. The molecule has 154 valence electrons. The molecule has 0 saturated carbocycles. The van der Waals surface area contributed by atoms with Gasteiger partial charge in [-0.15, -0.1) is 24.0 Å². The maximum absolute atomic E-state index is 13.8. The number of benzene rings is 1. The zero-order valence-electron chi connectivity index (χ0n) is 16.5. The second-order valence-electron chi connectivity index (χ2n) is 6.48. The van der Waals surface area contributed by atoms with Gasteiger partial charge in [-0.25, -0.2) is 9.18 Å². The van der Waals surface area contributed by atoms with Gasteiger partial charge in [-0.2, -0.15) is 0 Å². The molecule has 0 radical (unpaired) electrons. The first-order valence-corrected chi connectivity index (χ1v) is 8.57. The summed E-state index contributed by atoms with van der Waals surface area (Å²) in [4.78, 5) is 15.6. The van der Waals surface area contributed by atoms with Crippen molar-refractivity contribution in [2.24, 2.45) is 4.99 Å². The smallest absolute Gasteiger partial charge is 0.407 e. The topological polar surface area (TPSA) is 84.0 Å². The third-order valence-corrected chi connectivity index (χ3v) is 3.07. The number of carbonyl (C=O) groups is 1. The molecule has 27 heavy (non-hydrogen) atoms. The normalized spacial score (nSPS) is 11.3. The highest BCUT2D eigenvalue weighted by molar-refractivity contribution is 14.0. The van der Waals surface area contributed by atoms with Crippen molar-refractivity contribution in [3.05, 3.63) is 29.6 Å². The van der Waals surface area contributed by atoms with E-state index in [1.807, 2.05) is 6.92 Å². The zero-order valence-corrected chi connectivity index (χ0v) is 18.8. The summed E-state index contributed by atoms with van der Waals surface area (Å²) in [6.45, 7) is 8.90. The van der Waals surface area contributed by atoms with Crippen LogP contribution in [0.4, 0.5) is 9.18 Å². The minimum atomic E-state index is -0.526. The summed E-state index contributed by atoms with van der Waals surface area (Å²) in [5, 5.41) is 8.78. The predicted molar refractivity (Wildman–Crippen MR) is 115 cm³/mol. The van der Waals surface area contributed by atoms with Gasteiger partial charge in [-0.3, -0.25) is 4.99 Å². The first kappa shape index (κ1) is 25.2. The van der Waals surface area contributed by atoms with Crippen LogP contribution in [0, 0.1) is 5.82 Å². The third-order valence-electron chi connectivity index (χ3n) is 3.07. The lowest BCUT2D eigenvalue weighted by Gasteiger charge is -2.20. The molecule has 3 N–H and O–H groups in total. The fourth-order valence-electron chi connectivity index (χ4n) is 1.99. The van der Waals surface area contributed by atoms with E-state index in [-0.39, 0.29) is 29.7 Å². The molecule has 0 aliphatic heterocycles. The second-order valence-corrected chi connectivity index (χ2v) is 6.48. The fourth-order valence-corrected chi connectivity index (χ4v) is 1.99. The van der Waals surface area contributed by atoms with Crippen LogP contribution < -0.4 is 20.7 Å². The number of nitrogens with zero attached hydrogens (tertiary/aromatic N) is 1. The summed E-state index contributed by atoms with van der Waals surface area (Å²) in [7, 11) is 1.63. The van der Waals surface area contributed by atoms with Gasteiger partial charge >= 0.3 is 6.09 Å². The van der Waals surface area contributed by atoms with E-state index >= 15 is 0 Å². The SMILES string of the molecule is CCOc1ccc(CNC(=NC)NCCNC(=O)OC(C)(C)C)cc1F.I. The van der Waals surface area contributed by atoms with Crippen molar-refractivity contribution < 1.29 is 18.7 Å². The van der Waals surface area contributed by atoms with E-state index in [4.69, 9.17) is 9.47 Å². The summed E-state index contributed by atoms with van der Waals surface area (Å²) in [6.07, 6.45) is -0.466. The van der Waals surface area contributed by atoms with Gasteiger partial charge < -0.3 is 25.4 Å². The maximum Gasteiger partial charge on any atom is 0.407 e. The highest BCUT2D eigenvalue weighted by Crippen LogP contribution is 2.18. The van der Waals surface area contributed by atoms with Crippen LogP contribution in [0.1, 0.15) is 33.3 Å². The Kier molecular flexibility index (Phi) is 11.7. The standard InChI is InChI=1S/C18H29FN4O3.HI/c1-6-25-15-8-7-13(11-14(15)19)12-23-16(20-5)21-9-10-22-17(24)26-18(2,3)4;/h7-8,11H,6,9-10,12H2,1-5H3,(H,22,24)(H2,20,21,23);1H. The molecule has 1 amide bonds. The van der Waals surface area contributed by atoms with E-state index in [1.165, 1.54) is 6.07 Å². The number of hydrogen-bond donors (Lipinski definition) is 3. The van der Waals surface area contributed by atoms with Crippen LogP contribution >= 0.6 is 24.0 Å². The zero-order chi connectivity index (χ0) is 19.6. The Bertz CT molecular complexity index is 621. The van der Waals surface area contributed by atoms with Gasteiger partial charge in [0.1, 0.15) is 5.60 Å². The minimum Gasteiger partial charge on any atom is -0.491 e. The lowest BCUT2D eigenvalue weighted by molar-refractivity contribution is 0.0529. The summed E-state index contributed by atoms with van der Waals surface area (Å²) in [5.74, 6) is 0.396. The van der Waals surface area contributed by atoms with Gasteiger partial charge in [0.25, 0.3) is 0 Å². The predicted octanol–water partition coefficient (Wildman–Crippen LogP) is 3.03. The van der Waals surface area contributed by atoms with Crippen molar-refractivity contribution >= 4 is 36.0 Å². The van der Waals surface area contributed by atoms with E-state index in [0.717, 1.165) is 5.56 Å². The van der Waals surface area contributed by atoms with Crippen LogP contribution in [0.5, 0.6) is 5.75 Å². The number of carbonyl (C=O) groups excluding carboxylic acids is 1. The highest BCUT2D eigenvalue weighted by Gasteiger charge is 2.15. The number of rotatable bonds is 7. The van der Waals surface area contributed by atoms with Crippen molar-refractivity contribution in [2.75, 3.05) is 26.7 Å². The quantitative estimate of drug-likeness (QED) is 0.234. The van der Waals surface area contributed by atoms with E-state index in [0.29, 0.717) is 32.2 Å². The van der Waals surface area contributed by atoms with Crippen LogP contribution in [-0.4, -0.2) is 44.4 Å². The largest absolute Gasteiger partial charge is 0.491 e. The van der Waals surface area contributed by atoms with Gasteiger partial charge in [0.05, 0.1) is 6.61 Å². The van der Waals surface area contributed by atoms with Crippen molar-refractivity contribution in [1.29, 1.82) is 0 Å². The molecule has 1 aromatic rings. The Labute approximate surface area is 177 Å². The number of amides is 1. The van der Waals surface area contributed by atoms with Crippen molar-refractivity contribution in [3.8, 4) is 5.75 Å². The van der Waals surface area contributed by atoms with E-state index < -0.39 is 17.5 Å². The molecule has 7 nitrogen and oxygen atoms in total. The van der Waals surface area contributed by atoms with E-state index in [2.05, 4.69) is 20.9 Å². The van der Waals surface area contributed by atoms with Crippen LogP contribution in [0.15, 0.2) is 23.2 Å². The van der Waals surface area contributed by atoms with E-state index in [9.17, 15) is 9.18 Å². The molecule has 0 aliphatic rings. The summed E-state index contributed by atoms with van der Waals surface area (Å²) < 4.78 is 24.2. The summed E-state index contributed by atoms with van der Waals surface area (Å²) in [6, 6.07) is 4.82. The molecule has 0 fully saturated rings. The van der Waals surface area contributed by atoms with Crippen molar-refractivity contribution in [3.63, 3.8) is 0 Å². The second kappa shape index (κ2) is 12.6. The van der Waals surface area contributed by atoms with Crippen molar-refractivity contribution in [1.82, 2.24) is 16.0 Å². The molecular formula is C18H30FIN4O3. The molecule has 0 aromatic heterocycles. The molecule has 1 aromatic carbocycles. The molecule has 0 heterocycles. The summed E-state index contributed by atoms with van der Waals surface area (Å²) in [5.41, 5.74) is 0.239. The fraction of sp³-hybridized carbons (Fsp3) is 0.556. The van der Waals surface area contributed by atoms with Crippen LogP contribution in [0.25, 0.3) is 0 Å². The number of aliphatic imine (C=N–C) groups is 1. The molecule has 0 spiro atoms. The Morgan fingerprint density at radius 3 is 2.41 bits per heavy atom. The Hall–Kier alpha value is -1.78. The number of ether oxygens (including phenoxy) is 2. The van der Waals surface area contributed by atoms with Gasteiger partial charge in [-0.1, -0.05) is 6.07 Å². The van der Waals surface area contributed by atoms with Gasteiger partial charge in [0.15, 0.2) is 17.5 Å². The highest BCUT2D eigenvalue weighted by atomic mass is 127. The molecule has 9 heteroatoms. The Morgan fingerprint density at radius 2 is 1.85 bits per heavy atom. The molecule has 0 aliphatic carbocycles. The van der Waals surface area contributed by atoms with Crippen molar-refractivity contribution in [2.45, 2.75) is 39.8 Å². The Balaban J connectivity index is 0.00000676. The Morgan fingerprint density at radius 1 is 1.19 bits per heavy atom. The molecule has 1 rings (SSSR count). The van der Waals surface area contributed by atoms with Crippen LogP contribution in [0.2, 0.25) is 0 Å². The molecule has 0 bridgehead atoms. The lowest BCUT2D eigenvalue weighted by Crippen LogP contribution is -2.42. The van der Waals surface area contributed by atoms with Crippen LogP contribution in [0.3, 0.4) is 0 Å². The minimum absolute atomic E-state index is 0. The number of hydrogen-bond acceptors (Lipinski definition) is 4. The van der Waals surface area contributed by atoms with Gasteiger partial charge in [0.2, 0.25) is 0 Å². The first-order valence-electron chi connectivity index (χ1n) is 8.57. The third kappa shape index (κ3) is 10.8.